The Morgan fingerprint density at radius 3 is 1.97 bits per heavy atom. The second-order valence-corrected chi connectivity index (χ2v) is 6.22. The molecule has 1 aromatic heterocycles. The summed E-state index contributed by atoms with van der Waals surface area (Å²) in [7, 11) is 0. The Balaban J connectivity index is 2.62. The number of aromatic nitrogens is 1. The van der Waals surface area contributed by atoms with E-state index in [1.807, 2.05) is 30.3 Å². The van der Waals surface area contributed by atoms with Crippen molar-refractivity contribution in [3.63, 3.8) is 0 Å². The highest BCUT2D eigenvalue weighted by molar-refractivity contribution is 6.04. The van der Waals surface area contributed by atoms with Gasteiger partial charge in [0.25, 0.3) is 5.56 Å². The molecule has 160 valence electrons. The molecule has 0 aliphatic rings. The monoisotopic (exact) mass is 415 g/mol. The molecule has 0 aliphatic heterocycles. The van der Waals surface area contributed by atoms with Crippen molar-refractivity contribution in [1.29, 1.82) is 0 Å². The normalized spacial score (nSPS) is 10.5. The van der Waals surface area contributed by atoms with Gasteiger partial charge < -0.3 is 18.8 Å². The number of carbonyl (C=O) groups excluding carboxylic acids is 3. The zero-order chi connectivity index (χ0) is 22.1. The predicted molar refractivity (Wildman–Crippen MR) is 108 cm³/mol. The van der Waals surface area contributed by atoms with Gasteiger partial charge in [-0.25, -0.2) is 4.79 Å². The van der Waals surface area contributed by atoms with Crippen molar-refractivity contribution >= 4 is 17.9 Å². The zero-order valence-electron chi connectivity index (χ0n) is 17.3. The number of nitrogens with zero attached hydrogens (tertiary/aromatic N) is 1. The molecule has 2 aromatic rings. The van der Waals surface area contributed by atoms with E-state index in [1.54, 1.807) is 20.8 Å². The maximum atomic E-state index is 13.1. The lowest BCUT2D eigenvalue weighted by molar-refractivity contribution is -0.156. The third-order valence-corrected chi connectivity index (χ3v) is 4.23. The summed E-state index contributed by atoms with van der Waals surface area (Å²) in [5.74, 6) is -4.29. The van der Waals surface area contributed by atoms with Crippen LogP contribution in [0.5, 0.6) is 0 Å². The molecule has 8 heteroatoms. The van der Waals surface area contributed by atoms with Gasteiger partial charge in [-0.15, -0.1) is 0 Å². The van der Waals surface area contributed by atoms with Crippen LogP contribution >= 0.6 is 0 Å². The fourth-order valence-corrected chi connectivity index (χ4v) is 2.94. The molecule has 0 aliphatic carbocycles. The third kappa shape index (κ3) is 5.34. The molecule has 0 amide bonds. The lowest BCUT2D eigenvalue weighted by Gasteiger charge is -2.18. The molecule has 1 aromatic carbocycles. The fraction of sp³-hybridized carbons (Fsp3) is 0.364. The highest BCUT2D eigenvalue weighted by Crippen LogP contribution is 2.23. The molecule has 30 heavy (non-hydrogen) atoms. The number of hydrogen-bond donors (Lipinski definition) is 0. The van der Waals surface area contributed by atoms with E-state index in [2.05, 4.69) is 0 Å². The Labute approximate surface area is 174 Å². The van der Waals surface area contributed by atoms with Gasteiger partial charge in [-0.05, 0) is 38.0 Å². The number of rotatable bonds is 9. The van der Waals surface area contributed by atoms with E-state index in [9.17, 15) is 19.2 Å². The summed E-state index contributed by atoms with van der Waals surface area (Å²) in [6, 6.07) is 10.6. The quantitative estimate of drug-likeness (QED) is 0.352. The molecule has 0 unspecified atom stereocenters. The summed E-state index contributed by atoms with van der Waals surface area (Å²) in [6.45, 7) is 5.04. The third-order valence-electron chi connectivity index (χ3n) is 4.23. The van der Waals surface area contributed by atoms with E-state index in [4.69, 9.17) is 14.2 Å². The molecule has 0 fully saturated rings. The molecular formula is C22H25NO7. The molecule has 0 atom stereocenters. The minimum atomic E-state index is -1.57. The lowest BCUT2D eigenvalue weighted by atomic mass is 9.95. The molecule has 0 bridgehead atoms. The van der Waals surface area contributed by atoms with Crippen molar-refractivity contribution < 1.29 is 28.6 Å². The first-order valence-corrected chi connectivity index (χ1v) is 9.72. The van der Waals surface area contributed by atoms with Gasteiger partial charge >= 0.3 is 17.9 Å². The molecule has 0 saturated heterocycles. The Morgan fingerprint density at radius 1 is 0.867 bits per heavy atom. The maximum Gasteiger partial charge on any atom is 0.344 e. The molecule has 0 saturated carbocycles. The van der Waals surface area contributed by atoms with Gasteiger partial charge in [0, 0.05) is 6.20 Å². The SMILES string of the molecule is CCOC(=O)c1c(C(C(=O)OCC)C(=O)OCC)ccn(Cc2ccccc2)c1=O. The first kappa shape index (κ1) is 22.9. The van der Waals surface area contributed by atoms with Crippen LogP contribution in [0, 0.1) is 0 Å². The van der Waals surface area contributed by atoms with Crippen LogP contribution in [0.25, 0.3) is 0 Å². The van der Waals surface area contributed by atoms with Crippen LogP contribution in [0.2, 0.25) is 0 Å². The first-order chi connectivity index (χ1) is 14.4. The summed E-state index contributed by atoms with van der Waals surface area (Å²) in [5.41, 5.74) is -0.316. The minimum Gasteiger partial charge on any atom is -0.465 e. The van der Waals surface area contributed by atoms with Crippen molar-refractivity contribution in [2.75, 3.05) is 19.8 Å². The number of carbonyl (C=O) groups is 3. The Morgan fingerprint density at radius 2 is 1.43 bits per heavy atom. The van der Waals surface area contributed by atoms with Crippen LogP contribution in [0.3, 0.4) is 0 Å². The largest absolute Gasteiger partial charge is 0.465 e. The molecule has 2 rings (SSSR count). The van der Waals surface area contributed by atoms with E-state index in [-0.39, 0.29) is 37.5 Å². The van der Waals surface area contributed by atoms with Crippen LogP contribution in [-0.2, 0) is 30.3 Å². The van der Waals surface area contributed by atoms with Gasteiger partial charge in [0.05, 0.1) is 26.4 Å². The number of esters is 3. The lowest BCUT2D eigenvalue weighted by Crippen LogP contribution is -2.34. The molecule has 1 heterocycles. The zero-order valence-corrected chi connectivity index (χ0v) is 17.3. The summed E-state index contributed by atoms with van der Waals surface area (Å²) in [5, 5.41) is 0. The molecule has 0 radical (unpaired) electrons. The maximum absolute atomic E-state index is 13.1. The average molecular weight is 415 g/mol. The van der Waals surface area contributed by atoms with Crippen LogP contribution in [-0.4, -0.2) is 42.3 Å². The van der Waals surface area contributed by atoms with Gasteiger partial charge in [-0.2, -0.15) is 0 Å². The van der Waals surface area contributed by atoms with Crippen LogP contribution in [0.15, 0.2) is 47.4 Å². The summed E-state index contributed by atoms with van der Waals surface area (Å²) >= 11 is 0. The number of pyridine rings is 1. The van der Waals surface area contributed by atoms with Crippen molar-refractivity contribution in [2.24, 2.45) is 0 Å². The summed E-state index contributed by atoms with van der Waals surface area (Å²) in [6.07, 6.45) is 1.43. The van der Waals surface area contributed by atoms with Gasteiger partial charge in [0.2, 0.25) is 0 Å². The second kappa shape index (κ2) is 10.9. The smallest absolute Gasteiger partial charge is 0.344 e. The second-order valence-electron chi connectivity index (χ2n) is 6.22. The van der Waals surface area contributed by atoms with E-state index in [0.717, 1.165) is 5.56 Å². The van der Waals surface area contributed by atoms with Crippen LogP contribution in [0.1, 0.15) is 48.2 Å². The highest BCUT2D eigenvalue weighted by Gasteiger charge is 2.36. The molecule has 0 N–H and O–H groups in total. The standard InChI is InChI=1S/C22H25NO7/c1-4-28-20(25)17-16(18(21(26)29-5-2)22(27)30-6-3)12-13-23(19(17)24)14-15-10-8-7-9-11-15/h7-13,18H,4-6,14H2,1-3H3. The van der Waals surface area contributed by atoms with Gasteiger partial charge in [0.1, 0.15) is 5.56 Å². The Kier molecular flexibility index (Phi) is 8.34. The molecular weight excluding hydrogens is 390 g/mol. The fourth-order valence-electron chi connectivity index (χ4n) is 2.94. The van der Waals surface area contributed by atoms with Gasteiger partial charge in [-0.1, -0.05) is 30.3 Å². The molecule has 8 nitrogen and oxygen atoms in total. The summed E-state index contributed by atoms with van der Waals surface area (Å²) in [4.78, 5) is 50.7. The topological polar surface area (TPSA) is 101 Å². The van der Waals surface area contributed by atoms with Crippen molar-refractivity contribution in [3.05, 3.63) is 69.6 Å². The number of ether oxygens (including phenoxy) is 3. The predicted octanol–water partition coefficient (Wildman–Crippen LogP) is 2.28. The van der Waals surface area contributed by atoms with Crippen molar-refractivity contribution in [3.8, 4) is 0 Å². The van der Waals surface area contributed by atoms with E-state index < -0.39 is 29.4 Å². The van der Waals surface area contributed by atoms with Crippen LogP contribution < -0.4 is 5.56 Å². The van der Waals surface area contributed by atoms with Gasteiger partial charge in [0.15, 0.2) is 5.92 Å². The summed E-state index contributed by atoms with van der Waals surface area (Å²) < 4.78 is 16.3. The van der Waals surface area contributed by atoms with E-state index in [0.29, 0.717) is 0 Å². The highest BCUT2D eigenvalue weighted by atomic mass is 16.6. The van der Waals surface area contributed by atoms with E-state index in [1.165, 1.54) is 16.8 Å². The van der Waals surface area contributed by atoms with E-state index >= 15 is 0 Å². The Bertz CT molecular complexity index is 932. The number of hydrogen-bond acceptors (Lipinski definition) is 7. The van der Waals surface area contributed by atoms with Crippen molar-refractivity contribution in [2.45, 2.75) is 33.2 Å². The van der Waals surface area contributed by atoms with Crippen LogP contribution in [0.4, 0.5) is 0 Å². The van der Waals surface area contributed by atoms with Crippen molar-refractivity contribution in [1.82, 2.24) is 4.57 Å². The Hall–Kier alpha value is -3.42. The minimum absolute atomic E-state index is 0.0224. The number of benzene rings is 1. The average Bonchev–Trinajstić information content (AvgIpc) is 2.71. The van der Waals surface area contributed by atoms with Gasteiger partial charge in [-0.3, -0.25) is 14.4 Å². The first-order valence-electron chi connectivity index (χ1n) is 9.72. The molecule has 0 spiro atoms.